The first-order valence-corrected chi connectivity index (χ1v) is 3.56. The molecule has 0 aliphatic carbocycles. The number of aromatic nitrogens is 2. The Bertz CT molecular complexity index is 184. The number of hydrogen-bond acceptors (Lipinski definition) is 3. The van der Waals surface area contributed by atoms with Crippen LogP contribution in [0.25, 0.3) is 0 Å². The highest BCUT2D eigenvalue weighted by molar-refractivity contribution is 14.1. The van der Waals surface area contributed by atoms with Crippen LogP contribution in [0, 0.1) is 3.83 Å². The van der Waals surface area contributed by atoms with Gasteiger partial charge in [-0.1, -0.05) is 0 Å². The topological polar surface area (TPSA) is 37.8 Å². The van der Waals surface area contributed by atoms with Gasteiger partial charge in [-0.2, -0.15) is 0 Å². The van der Waals surface area contributed by atoms with Gasteiger partial charge >= 0.3 is 0 Å². The molecule has 0 fully saturated rings. The molecule has 0 amide bonds. The average Bonchev–Trinajstić information content (AvgIpc) is 1.90. The van der Waals surface area contributed by atoms with Crippen molar-refractivity contribution in [1.29, 1.82) is 0 Å². The number of hydrogen-bond donors (Lipinski definition) is 1. The lowest BCUT2D eigenvalue weighted by atomic mass is 10.5. The lowest BCUT2D eigenvalue weighted by molar-refractivity contribution is 1.10. The maximum absolute atomic E-state index is 3.96. The number of anilines is 1. The molecule has 0 aliphatic rings. The molecule has 0 aromatic carbocycles. The van der Waals surface area contributed by atoms with Crippen LogP contribution in [0.3, 0.4) is 0 Å². The summed E-state index contributed by atoms with van der Waals surface area (Å²) in [5.74, 6) is 0. The van der Waals surface area contributed by atoms with E-state index < -0.39 is 0 Å². The van der Waals surface area contributed by atoms with Gasteiger partial charge in [0.25, 0.3) is 0 Å². The Morgan fingerprint density at radius 1 is 1.44 bits per heavy atom. The van der Waals surface area contributed by atoms with Gasteiger partial charge in [0, 0.05) is 29.6 Å². The summed E-state index contributed by atoms with van der Waals surface area (Å²) in [5, 5.41) is 2.93. The predicted octanol–water partition coefficient (Wildman–Crippen LogP) is 1.12. The van der Waals surface area contributed by atoms with Crippen LogP contribution in [0.1, 0.15) is 0 Å². The Morgan fingerprint density at radius 3 is 2.44 bits per heavy atom. The highest BCUT2D eigenvalue weighted by Gasteiger charge is 1.87. The summed E-state index contributed by atoms with van der Waals surface area (Å²) in [7, 11) is 1.84. The second-order valence-corrected chi connectivity index (χ2v) is 2.46. The van der Waals surface area contributed by atoms with Crippen LogP contribution >= 0.6 is 22.6 Å². The molecule has 0 unspecified atom stereocenters. The standard InChI is InChI=1S/C5H6IN3/c1-7-4-2-8-5(6)9-3-4/h2-3,7H,1H3. The molecule has 1 aromatic rings. The molecular weight excluding hydrogens is 229 g/mol. The Hall–Kier alpha value is -0.390. The van der Waals surface area contributed by atoms with Crippen LogP contribution in [0.2, 0.25) is 0 Å². The molecule has 1 heterocycles. The van der Waals surface area contributed by atoms with Crippen molar-refractivity contribution < 1.29 is 0 Å². The zero-order valence-electron chi connectivity index (χ0n) is 4.93. The van der Waals surface area contributed by atoms with Gasteiger partial charge < -0.3 is 5.32 Å². The Morgan fingerprint density at radius 2 is 2.00 bits per heavy atom. The van der Waals surface area contributed by atoms with Gasteiger partial charge in [0.1, 0.15) is 0 Å². The molecule has 1 aromatic heterocycles. The van der Waals surface area contributed by atoms with E-state index in [0.717, 1.165) is 9.52 Å². The lowest BCUT2D eigenvalue weighted by Gasteiger charge is -1.94. The first-order valence-electron chi connectivity index (χ1n) is 2.48. The highest BCUT2D eigenvalue weighted by atomic mass is 127. The maximum atomic E-state index is 3.96. The van der Waals surface area contributed by atoms with Crippen molar-refractivity contribution in [3.63, 3.8) is 0 Å². The molecule has 4 heteroatoms. The molecule has 0 aliphatic heterocycles. The third-order valence-corrected chi connectivity index (χ3v) is 1.47. The van der Waals surface area contributed by atoms with Crippen molar-refractivity contribution in [2.45, 2.75) is 0 Å². The van der Waals surface area contributed by atoms with Crippen LogP contribution in [-0.2, 0) is 0 Å². The third-order valence-electron chi connectivity index (χ3n) is 0.909. The molecule has 0 spiro atoms. The van der Waals surface area contributed by atoms with E-state index in [1.807, 2.05) is 7.05 Å². The zero-order chi connectivity index (χ0) is 6.69. The number of nitrogens with one attached hydrogen (secondary N) is 1. The molecule has 0 bridgehead atoms. The largest absolute Gasteiger partial charge is 0.386 e. The Balaban J connectivity index is 2.88. The van der Waals surface area contributed by atoms with Gasteiger partial charge in [-0.25, -0.2) is 9.97 Å². The lowest BCUT2D eigenvalue weighted by Crippen LogP contribution is -1.91. The van der Waals surface area contributed by atoms with Gasteiger partial charge in [-0.15, -0.1) is 0 Å². The van der Waals surface area contributed by atoms with E-state index in [4.69, 9.17) is 0 Å². The zero-order valence-corrected chi connectivity index (χ0v) is 7.08. The minimum absolute atomic E-state index is 0.770. The van der Waals surface area contributed by atoms with E-state index in [1.54, 1.807) is 12.4 Å². The van der Waals surface area contributed by atoms with Crippen LogP contribution in [0.15, 0.2) is 12.4 Å². The molecule has 0 saturated carbocycles. The van der Waals surface area contributed by atoms with Crippen molar-refractivity contribution >= 4 is 28.3 Å². The fourth-order valence-corrected chi connectivity index (χ4v) is 0.720. The highest BCUT2D eigenvalue weighted by Crippen LogP contribution is 2.01. The number of rotatable bonds is 1. The van der Waals surface area contributed by atoms with Crippen molar-refractivity contribution in [2.24, 2.45) is 0 Å². The smallest absolute Gasteiger partial charge is 0.190 e. The van der Waals surface area contributed by atoms with Gasteiger partial charge in [0.15, 0.2) is 3.83 Å². The van der Waals surface area contributed by atoms with Gasteiger partial charge in [0.05, 0.1) is 18.1 Å². The Labute approximate surface area is 67.0 Å². The first-order chi connectivity index (χ1) is 4.33. The fraction of sp³-hybridized carbons (Fsp3) is 0.200. The summed E-state index contributed by atoms with van der Waals surface area (Å²) in [6, 6.07) is 0. The van der Waals surface area contributed by atoms with Crippen LogP contribution in [-0.4, -0.2) is 17.0 Å². The summed E-state index contributed by atoms with van der Waals surface area (Å²) in [4.78, 5) is 7.93. The third kappa shape index (κ3) is 1.78. The molecule has 0 atom stereocenters. The second-order valence-electron chi connectivity index (χ2n) is 1.49. The molecule has 3 nitrogen and oxygen atoms in total. The molecule has 0 saturated heterocycles. The quantitative estimate of drug-likeness (QED) is 0.585. The van der Waals surface area contributed by atoms with Crippen LogP contribution in [0.4, 0.5) is 5.69 Å². The van der Waals surface area contributed by atoms with E-state index in [1.165, 1.54) is 0 Å². The maximum Gasteiger partial charge on any atom is 0.190 e. The summed E-state index contributed by atoms with van der Waals surface area (Å²) < 4.78 is 0.770. The molecule has 9 heavy (non-hydrogen) atoms. The first kappa shape index (κ1) is 6.73. The average molecular weight is 235 g/mol. The second kappa shape index (κ2) is 2.95. The van der Waals surface area contributed by atoms with Crippen LogP contribution in [0.5, 0.6) is 0 Å². The van der Waals surface area contributed by atoms with Gasteiger partial charge in [0.2, 0.25) is 0 Å². The van der Waals surface area contributed by atoms with Crippen molar-refractivity contribution in [3.05, 3.63) is 16.2 Å². The van der Waals surface area contributed by atoms with Crippen molar-refractivity contribution in [3.8, 4) is 0 Å². The monoisotopic (exact) mass is 235 g/mol. The van der Waals surface area contributed by atoms with E-state index in [9.17, 15) is 0 Å². The predicted molar refractivity (Wildman–Crippen MR) is 44.3 cm³/mol. The number of halogens is 1. The summed E-state index contributed by atoms with van der Waals surface area (Å²) in [6.45, 7) is 0. The normalized spacial score (nSPS) is 9.11. The van der Waals surface area contributed by atoms with E-state index in [0.29, 0.717) is 0 Å². The van der Waals surface area contributed by atoms with Crippen molar-refractivity contribution in [2.75, 3.05) is 12.4 Å². The van der Waals surface area contributed by atoms with Crippen LogP contribution < -0.4 is 5.32 Å². The summed E-state index contributed by atoms with van der Waals surface area (Å²) >= 11 is 2.06. The molecule has 1 rings (SSSR count). The van der Waals surface area contributed by atoms with E-state index in [2.05, 4.69) is 37.9 Å². The van der Waals surface area contributed by atoms with Crippen molar-refractivity contribution in [1.82, 2.24) is 9.97 Å². The van der Waals surface area contributed by atoms with Gasteiger partial charge in [-0.05, 0) is 0 Å². The number of nitrogens with zero attached hydrogens (tertiary/aromatic N) is 2. The molecule has 1 N–H and O–H groups in total. The SMILES string of the molecule is CNc1cnc(I)nc1. The minimum atomic E-state index is 0.770. The Kier molecular flexibility index (Phi) is 2.21. The van der Waals surface area contributed by atoms with Gasteiger partial charge in [-0.3, -0.25) is 0 Å². The molecular formula is C5H6IN3. The summed E-state index contributed by atoms with van der Waals surface area (Å²) in [6.07, 6.45) is 3.49. The minimum Gasteiger partial charge on any atom is -0.386 e. The fourth-order valence-electron chi connectivity index (χ4n) is 0.441. The molecule has 48 valence electrons. The van der Waals surface area contributed by atoms with E-state index >= 15 is 0 Å². The molecule has 0 radical (unpaired) electrons. The van der Waals surface area contributed by atoms with E-state index in [-0.39, 0.29) is 0 Å². The summed E-state index contributed by atoms with van der Waals surface area (Å²) in [5.41, 5.74) is 0.940.